The first-order valence-corrected chi connectivity index (χ1v) is 13.6. The van der Waals surface area contributed by atoms with Crippen LogP contribution >= 0.6 is 0 Å². The number of nitrogens with zero attached hydrogens (tertiary/aromatic N) is 3. The van der Waals surface area contributed by atoms with Gasteiger partial charge in [0.2, 0.25) is 0 Å². The zero-order valence-electron chi connectivity index (χ0n) is 18.6. The highest BCUT2D eigenvalue weighted by molar-refractivity contribution is 7.93. The van der Waals surface area contributed by atoms with Crippen molar-refractivity contribution in [2.45, 2.75) is 9.79 Å². The Morgan fingerprint density at radius 2 is 1.22 bits per heavy atom. The van der Waals surface area contributed by atoms with Crippen LogP contribution in [-0.4, -0.2) is 31.8 Å². The Morgan fingerprint density at radius 3 is 1.89 bits per heavy atom. The quantitative estimate of drug-likeness (QED) is 0.329. The van der Waals surface area contributed by atoms with Gasteiger partial charge in [0, 0.05) is 11.8 Å². The zero-order valence-corrected chi connectivity index (χ0v) is 20.2. The van der Waals surface area contributed by atoms with Gasteiger partial charge in [-0.2, -0.15) is 0 Å². The Morgan fingerprint density at radius 1 is 0.583 bits per heavy atom. The Balaban J connectivity index is 1.44. The van der Waals surface area contributed by atoms with E-state index in [2.05, 4.69) is 24.4 Å². The average molecular weight is 518 g/mol. The van der Waals surface area contributed by atoms with Crippen molar-refractivity contribution in [1.82, 2.24) is 15.0 Å². The lowest BCUT2D eigenvalue weighted by Gasteiger charge is -2.10. The number of pyridine rings is 1. The van der Waals surface area contributed by atoms with Crippen LogP contribution in [0.3, 0.4) is 0 Å². The Kier molecular flexibility index (Phi) is 6.08. The van der Waals surface area contributed by atoms with Gasteiger partial charge in [0.15, 0.2) is 5.82 Å². The van der Waals surface area contributed by atoms with Crippen LogP contribution in [0.2, 0.25) is 0 Å². The minimum absolute atomic E-state index is 0.0750. The molecule has 0 spiro atoms. The fourth-order valence-electron chi connectivity index (χ4n) is 3.50. The molecule has 0 amide bonds. The third-order valence-electron chi connectivity index (χ3n) is 5.21. The van der Waals surface area contributed by atoms with Crippen LogP contribution in [-0.2, 0) is 20.0 Å². The molecule has 0 aliphatic rings. The summed E-state index contributed by atoms with van der Waals surface area (Å²) in [5.41, 5.74) is 2.66. The summed E-state index contributed by atoms with van der Waals surface area (Å²) < 4.78 is 55.6. The number of hydrogen-bond acceptors (Lipinski definition) is 7. The smallest absolute Gasteiger partial charge is 0.263 e. The Hall–Kier alpha value is -4.35. The van der Waals surface area contributed by atoms with E-state index >= 15 is 0 Å². The topological polar surface area (TPSA) is 131 Å². The number of rotatable bonds is 7. The molecule has 0 bridgehead atoms. The van der Waals surface area contributed by atoms with Crippen molar-refractivity contribution in [2.24, 2.45) is 0 Å². The largest absolute Gasteiger partial charge is 0.278 e. The van der Waals surface area contributed by atoms with Crippen molar-refractivity contribution in [2.75, 3.05) is 9.44 Å². The second kappa shape index (κ2) is 9.36. The minimum atomic E-state index is -3.82. The van der Waals surface area contributed by atoms with E-state index in [4.69, 9.17) is 0 Å². The molecule has 0 atom stereocenters. The summed E-state index contributed by atoms with van der Waals surface area (Å²) >= 11 is 0. The summed E-state index contributed by atoms with van der Waals surface area (Å²) in [4.78, 5) is 13.1. The molecule has 180 valence electrons. The molecular formula is C25H19N5O4S2. The molecule has 5 rings (SSSR count). The number of fused-ring (bicyclic) bond motifs is 1. The molecule has 0 saturated carbocycles. The number of nitrogens with one attached hydrogen (secondary N) is 2. The summed E-state index contributed by atoms with van der Waals surface area (Å²) in [6, 6.07) is 22.9. The van der Waals surface area contributed by atoms with E-state index in [0.29, 0.717) is 27.8 Å². The van der Waals surface area contributed by atoms with E-state index < -0.39 is 20.0 Å². The monoisotopic (exact) mass is 517 g/mol. The highest BCUT2D eigenvalue weighted by Gasteiger charge is 2.16. The van der Waals surface area contributed by atoms with Gasteiger partial charge < -0.3 is 0 Å². The highest BCUT2D eigenvalue weighted by atomic mass is 32.2. The van der Waals surface area contributed by atoms with E-state index in [1.165, 1.54) is 36.7 Å². The van der Waals surface area contributed by atoms with E-state index in [9.17, 15) is 16.8 Å². The van der Waals surface area contributed by atoms with E-state index in [0.717, 1.165) is 0 Å². The predicted octanol–water partition coefficient (Wildman–Crippen LogP) is 4.29. The van der Waals surface area contributed by atoms with E-state index in [1.54, 1.807) is 66.9 Å². The Labute approximate surface area is 208 Å². The first kappa shape index (κ1) is 23.4. The summed E-state index contributed by atoms with van der Waals surface area (Å²) in [5, 5.41) is 0. The van der Waals surface area contributed by atoms with Gasteiger partial charge in [-0.15, -0.1) is 0 Å². The molecule has 0 unspecified atom stereocenters. The van der Waals surface area contributed by atoms with E-state index in [1.807, 2.05) is 0 Å². The summed E-state index contributed by atoms with van der Waals surface area (Å²) in [7, 11) is -7.59. The SMILES string of the molecule is O=S(=O)(Nc1cncc(-c2ccc3ncc(NS(=O)(=O)c4ccccc4)nc3c2)c1)c1ccccc1. The second-order valence-corrected chi connectivity index (χ2v) is 11.1. The van der Waals surface area contributed by atoms with Crippen LogP contribution in [0.4, 0.5) is 11.5 Å². The third kappa shape index (κ3) is 5.02. The zero-order chi connectivity index (χ0) is 25.2. The molecule has 2 N–H and O–H groups in total. The molecule has 2 heterocycles. The molecule has 11 heteroatoms. The number of hydrogen-bond donors (Lipinski definition) is 2. The maximum absolute atomic E-state index is 12.7. The van der Waals surface area contributed by atoms with Gasteiger partial charge in [-0.05, 0) is 48.0 Å². The third-order valence-corrected chi connectivity index (χ3v) is 7.98. The number of aromatic nitrogens is 3. The van der Waals surface area contributed by atoms with Gasteiger partial charge in [-0.1, -0.05) is 42.5 Å². The van der Waals surface area contributed by atoms with Crippen LogP contribution < -0.4 is 9.44 Å². The van der Waals surface area contributed by atoms with Crippen molar-refractivity contribution >= 4 is 42.6 Å². The second-order valence-electron chi connectivity index (χ2n) is 7.76. The molecule has 0 saturated heterocycles. The van der Waals surface area contributed by atoms with Crippen molar-refractivity contribution < 1.29 is 16.8 Å². The first-order valence-electron chi connectivity index (χ1n) is 10.7. The van der Waals surface area contributed by atoms with Crippen LogP contribution in [0.25, 0.3) is 22.2 Å². The van der Waals surface area contributed by atoms with Crippen molar-refractivity contribution in [3.63, 3.8) is 0 Å². The summed E-state index contributed by atoms with van der Waals surface area (Å²) in [6.45, 7) is 0. The number of anilines is 2. The molecule has 0 aliphatic carbocycles. The fraction of sp³-hybridized carbons (Fsp3) is 0. The van der Waals surface area contributed by atoms with E-state index in [-0.39, 0.29) is 15.6 Å². The molecule has 2 aromatic heterocycles. The normalized spacial score (nSPS) is 11.8. The first-order chi connectivity index (χ1) is 17.3. The van der Waals surface area contributed by atoms with Crippen LogP contribution in [0.15, 0.2) is 113 Å². The summed E-state index contributed by atoms with van der Waals surface area (Å²) in [6.07, 6.45) is 4.36. The Bertz CT molecular complexity index is 1760. The molecule has 0 radical (unpaired) electrons. The van der Waals surface area contributed by atoms with Gasteiger partial charge in [0.05, 0.1) is 38.9 Å². The molecule has 3 aromatic carbocycles. The molecule has 36 heavy (non-hydrogen) atoms. The van der Waals surface area contributed by atoms with Crippen LogP contribution in [0, 0.1) is 0 Å². The maximum atomic E-state index is 12.7. The van der Waals surface area contributed by atoms with Gasteiger partial charge in [0.1, 0.15) is 0 Å². The van der Waals surface area contributed by atoms with Gasteiger partial charge in [-0.3, -0.25) is 19.4 Å². The lowest BCUT2D eigenvalue weighted by Crippen LogP contribution is -2.14. The summed E-state index contributed by atoms with van der Waals surface area (Å²) in [5.74, 6) is 0.0750. The molecular weight excluding hydrogens is 498 g/mol. The molecule has 9 nitrogen and oxygen atoms in total. The molecule has 0 fully saturated rings. The molecule has 5 aromatic rings. The van der Waals surface area contributed by atoms with Crippen LogP contribution in [0.5, 0.6) is 0 Å². The lowest BCUT2D eigenvalue weighted by molar-refractivity contribution is 0.599. The average Bonchev–Trinajstić information content (AvgIpc) is 2.89. The van der Waals surface area contributed by atoms with Crippen molar-refractivity contribution in [1.29, 1.82) is 0 Å². The van der Waals surface area contributed by atoms with Crippen molar-refractivity contribution in [3.8, 4) is 11.1 Å². The number of benzene rings is 3. The van der Waals surface area contributed by atoms with Gasteiger partial charge in [0.25, 0.3) is 20.0 Å². The predicted molar refractivity (Wildman–Crippen MR) is 137 cm³/mol. The molecule has 0 aliphatic heterocycles. The number of sulfonamides is 2. The standard InChI is InChI=1S/C25H19N5O4S2/c31-35(32,21-7-3-1-4-8-21)29-20-13-19(15-26-16-20)18-11-12-23-24(14-18)28-25(17-27-23)30-36(33,34)22-9-5-2-6-10-22/h1-17,29H,(H,28,30). The fourth-order valence-corrected chi connectivity index (χ4v) is 5.57. The maximum Gasteiger partial charge on any atom is 0.263 e. The van der Waals surface area contributed by atoms with Gasteiger partial charge >= 0.3 is 0 Å². The van der Waals surface area contributed by atoms with Crippen molar-refractivity contribution in [3.05, 3.63) is 104 Å². The van der Waals surface area contributed by atoms with Crippen LogP contribution in [0.1, 0.15) is 0 Å². The van der Waals surface area contributed by atoms with Gasteiger partial charge in [-0.25, -0.2) is 21.8 Å². The lowest BCUT2D eigenvalue weighted by atomic mass is 10.1. The minimum Gasteiger partial charge on any atom is -0.278 e. The highest BCUT2D eigenvalue weighted by Crippen LogP contribution is 2.26.